The van der Waals surface area contributed by atoms with Crippen LogP contribution in [0.15, 0.2) is 33.7 Å². The molecule has 0 radical (unpaired) electrons. The van der Waals surface area contributed by atoms with Gasteiger partial charge < -0.3 is 15.1 Å². The summed E-state index contributed by atoms with van der Waals surface area (Å²) in [5, 5.41) is 4.50. The third-order valence-corrected chi connectivity index (χ3v) is 5.54. The van der Waals surface area contributed by atoms with E-state index in [2.05, 4.69) is 76.6 Å². The third kappa shape index (κ3) is 5.53. The van der Waals surface area contributed by atoms with Crippen LogP contribution in [0.1, 0.15) is 18.3 Å². The monoisotopic (exact) mass is 550 g/mol. The Bertz CT molecular complexity index is 712. The maximum Gasteiger partial charge on any atom is 0.205 e. The highest BCUT2D eigenvalue weighted by atomic mass is 127. The van der Waals surface area contributed by atoms with Crippen molar-refractivity contribution in [2.24, 2.45) is 4.99 Å². The second-order valence-electron chi connectivity index (χ2n) is 5.85. The Morgan fingerprint density at radius 1 is 1.23 bits per heavy atom. The lowest BCUT2D eigenvalue weighted by Crippen LogP contribution is -2.52. The van der Waals surface area contributed by atoms with E-state index in [0.717, 1.165) is 60.5 Å². The van der Waals surface area contributed by atoms with Crippen LogP contribution in [0.3, 0.4) is 0 Å². The SMILES string of the molecule is CCc1nsc(N2CCN(C(=NC)NCc3ccc(Br)cc3)CC2)n1.I. The molecule has 3 rings (SSSR count). The van der Waals surface area contributed by atoms with E-state index >= 15 is 0 Å². The van der Waals surface area contributed by atoms with Crippen molar-refractivity contribution < 1.29 is 0 Å². The van der Waals surface area contributed by atoms with Gasteiger partial charge in [0.1, 0.15) is 5.82 Å². The lowest BCUT2D eigenvalue weighted by molar-refractivity contribution is 0.372. The Morgan fingerprint density at radius 3 is 2.50 bits per heavy atom. The van der Waals surface area contributed by atoms with Crippen molar-refractivity contribution in [1.29, 1.82) is 0 Å². The predicted octanol–water partition coefficient (Wildman–Crippen LogP) is 3.38. The van der Waals surface area contributed by atoms with Crippen molar-refractivity contribution in [3.05, 3.63) is 40.1 Å². The van der Waals surface area contributed by atoms with E-state index in [1.54, 1.807) is 0 Å². The molecule has 0 saturated carbocycles. The highest BCUT2D eigenvalue weighted by Gasteiger charge is 2.21. The number of benzene rings is 1. The van der Waals surface area contributed by atoms with Gasteiger partial charge in [-0.1, -0.05) is 35.0 Å². The number of piperazine rings is 1. The van der Waals surface area contributed by atoms with Crippen LogP contribution in [0, 0.1) is 0 Å². The lowest BCUT2D eigenvalue weighted by atomic mass is 10.2. The molecule has 1 aromatic heterocycles. The fraction of sp³-hybridized carbons (Fsp3) is 0.471. The number of nitrogens with one attached hydrogen (secondary N) is 1. The van der Waals surface area contributed by atoms with Gasteiger partial charge in [-0.15, -0.1) is 24.0 Å². The Balaban J connectivity index is 0.00000243. The molecule has 1 saturated heterocycles. The molecule has 1 aliphatic rings. The first-order valence-electron chi connectivity index (χ1n) is 8.47. The van der Waals surface area contributed by atoms with Crippen molar-refractivity contribution in [3.63, 3.8) is 0 Å². The number of halogens is 2. The molecule has 2 heterocycles. The predicted molar refractivity (Wildman–Crippen MR) is 123 cm³/mol. The zero-order chi connectivity index (χ0) is 17.6. The van der Waals surface area contributed by atoms with E-state index in [0.29, 0.717) is 0 Å². The summed E-state index contributed by atoms with van der Waals surface area (Å²) in [6, 6.07) is 8.35. The summed E-state index contributed by atoms with van der Waals surface area (Å²) in [6.45, 7) is 6.61. The summed E-state index contributed by atoms with van der Waals surface area (Å²) in [7, 11) is 1.84. The van der Waals surface area contributed by atoms with Crippen molar-refractivity contribution in [3.8, 4) is 0 Å². The standard InChI is InChI=1S/C17H23BrN6S.HI/c1-3-15-21-17(25-22-15)24-10-8-23(9-11-24)16(19-2)20-12-13-4-6-14(18)7-5-13;/h4-7H,3,8-12H2,1-2H3,(H,19,20);1H. The minimum Gasteiger partial charge on any atom is -0.352 e. The number of guanidine groups is 1. The molecule has 0 bridgehead atoms. The minimum atomic E-state index is 0. The Kier molecular flexibility index (Phi) is 8.55. The highest BCUT2D eigenvalue weighted by Crippen LogP contribution is 2.19. The molecule has 26 heavy (non-hydrogen) atoms. The van der Waals surface area contributed by atoms with Crippen molar-refractivity contribution in [2.75, 3.05) is 38.1 Å². The van der Waals surface area contributed by atoms with Crippen molar-refractivity contribution >= 4 is 62.5 Å². The number of rotatable bonds is 4. The summed E-state index contributed by atoms with van der Waals surface area (Å²) in [4.78, 5) is 13.6. The fourth-order valence-corrected chi connectivity index (χ4v) is 3.81. The molecular weight excluding hydrogens is 527 g/mol. The van der Waals surface area contributed by atoms with Gasteiger partial charge in [-0.3, -0.25) is 4.99 Å². The average molecular weight is 551 g/mol. The van der Waals surface area contributed by atoms with Crippen LogP contribution in [0.4, 0.5) is 5.13 Å². The van der Waals surface area contributed by atoms with Crippen LogP contribution in [0.5, 0.6) is 0 Å². The van der Waals surface area contributed by atoms with E-state index in [1.807, 2.05) is 7.05 Å². The van der Waals surface area contributed by atoms with Crippen LogP contribution in [0.2, 0.25) is 0 Å². The molecule has 9 heteroatoms. The molecule has 1 aromatic carbocycles. The van der Waals surface area contributed by atoms with Gasteiger partial charge in [0.2, 0.25) is 5.13 Å². The summed E-state index contributed by atoms with van der Waals surface area (Å²) in [5.74, 6) is 1.89. The zero-order valence-electron chi connectivity index (χ0n) is 15.0. The van der Waals surface area contributed by atoms with E-state index in [4.69, 9.17) is 0 Å². The minimum absolute atomic E-state index is 0. The van der Waals surface area contributed by atoms with E-state index < -0.39 is 0 Å². The van der Waals surface area contributed by atoms with Crippen molar-refractivity contribution in [1.82, 2.24) is 19.6 Å². The second kappa shape index (κ2) is 10.4. The zero-order valence-corrected chi connectivity index (χ0v) is 19.7. The van der Waals surface area contributed by atoms with Gasteiger partial charge in [0, 0.05) is 62.2 Å². The summed E-state index contributed by atoms with van der Waals surface area (Å²) in [6.07, 6.45) is 0.892. The number of nitrogens with zero attached hydrogens (tertiary/aromatic N) is 5. The van der Waals surface area contributed by atoms with Crippen molar-refractivity contribution in [2.45, 2.75) is 19.9 Å². The molecule has 0 spiro atoms. The van der Waals surface area contributed by atoms with Gasteiger partial charge in [0.05, 0.1) is 0 Å². The molecule has 6 nitrogen and oxygen atoms in total. The Morgan fingerprint density at radius 2 is 1.92 bits per heavy atom. The highest BCUT2D eigenvalue weighted by molar-refractivity contribution is 14.0. The van der Waals surface area contributed by atoms with Crippen LogP contribution < -0.4 is 10.2 Å². The topological polar surface area (TPSA) is 56.7 Å². The van der Waals surface area contributed by atoms with Gasteiger partial charge >= 0.3 is 0 Å². The largest absolute Gasteiger partial charge is 0.352 e. The number of aryl methyl sites for hydroxylation is 1. The molecule has 0 amide bonds. The maximum atomic E-state index is 4.59. The maximum absolute atomic E-state index is 4.59. The molecule has 1 aliphatic heterocycles. The number of aromatic nitrogens is 2. The molecule has 1 fully saturated rings. The number of aliphatic imine (C=N–C) groups is 1. The normalized spacial score (nSPS) is 15.0. The van der Waals surface area contributed by atoms with Gasteiger partial charge in [-0.05, 0) is 17.7 Å². The van der Waals surface area contributed by atoms with E-state index in [-0.39, 0.29) is 24.0 Å². The summed E-state index contributed by atoms with van der Waals surface area (Å²) >= 11 is 4.97. The molecule has 1 N–H and O–H groups in total. The average Bonchev–Trinajstić information content (AvgIpc) is 3.13. The van der Waals surface area contributed by atoms with Gasteiger partial charge in [-0.2, -0.15) is 4.37 Å². The van der Waals surface area contributed by atoms with E-state index in [1.165, 1.54) is 17.1 Å². The first kappa shape index (κ1) is 21.4. The molecule has 0 atom stereocenters. The van der Waals surface area contributed by atoms with Crippen LogP contribution >= 0.6 is 51.4 Å². The van der Waals surface area contributed by atoms with Crippen LogP contribution in [0.25, 0.3) is 0 Å². The lowest BCUT2D eigenvalue weighted by Gasteiger charge is -2.36. The molecule has 2 aromatic rings. The summed E-state index contributed by atoms with van der Waals surface area (Å²) < 4.78 is 5.48. The molecule has 142 valence electrons. The molecule has 0 aliphatic carbocycles. The number of hydrogen-bond donors (Lipinski definition) is 1. The number of hydrogen-bond acceptors (Lipinski definition) is 5. The Hall–Kier alpha value is -0.940. The first-order valence-corrected chi connectivity index (χ1v) is 10.0. The smallest absolute Gasteiger partial charge is 0.205 e. The molecule has 0 unspecified atom stereocenters. The van der Waals surface area contributed by atoms with Gasteiger partial charge in [0.25, 0.3) is 0 Å². The van der Waals surface area contributed by atoms with Crippen LogP contribution in [-0.4, -0.2) is 53.4 Å². The quantitative estimate of drug-likeness (QED) is 0.359. The summed E-state index contributed by atoms with van der Waals surface area (Å²) in [5.41, 5.74) is 1.24. The third-order valence-electron chi connectivity index (χ3n) is 4.20. The van der Waals surface area contributed by atoms with Crippen LogP contribution in [-0.2, 0) is 13.0 Å². The number of anilines is 1. The first-order chi connectivity index (χ1) is 12.2. The van der Waals surface area contributed by atoms with Gasteiger partial charge in [0.15, 0.2) is 5.96 Å². The van der Waals surface area contributed by atoms with Gasteiger partial charge in [-0.25, -0.2) is 4.98 Å². The van der Waals surface area contributed by atoms with E-state index in [9.17, 15) is 0 Å². The fourth-order valence-electron chi connectivity index (χ4n) is 2.74. The molecular formula is C17H24BrIN6S. The Labute approximate surface area is 184 Å². The second-order valence-corrected chi connectivity index (χ2v) is 7.49.